The number of carbonyl (C=O) groups is 2. The Morgan fingerprint density at radius 2 is 1.50 bits per heavy atom. The molecule has 140 valence electrons. The van der Waals surface area contributed by atoms with Crippen molar-refractivity contribution >= 4 is 11.9 Å². The minimum Gasteiger partial charge on any atom is -0.341 e. The lowest BCUT2D eigenvalue weighted by atomic mass is 9.94. The maximum Gasteiger partial charge on any atom is 0.317 e. The number of hydrogen-bond donors (Lipinski definition) is 1. The van der Waals surface area contributed by atoms with Crippen LogP contribution in [0.3, 0.4) is 0 Å². The minimum atomic E-state index is 0.0586. The van der Waals surface area contributed by atoms with Crippen LogP contribution in [0.1, 0.15) is 37.3 Å². The molecule has 5 nitrogen and oxygen atoms in total. The van der Waals surface area contributed by atoms with Crippen molar-refractivity contribution in [3.05, 3.63) is 35.4 Å². The van der Waals surface area contributed by atoms with Crippen LogP contribution in [0.25, 0.3) is 0 Å². The Labute approximate surface area is 155 Å². The fraction of sp³-hybridized carbons (Fsp3) is 0.619. The van der Waals surface area contributed by atoms with Crippen molar-refractivity contribution in [2.45, 2.75) is 45.1 Å². The summed E-state index contributed by atoms with van der Waals surface area (Å²) in [6.07, 6.45) is 5.44. The van der Waals surface area contributed by atoms with Crippen LogP contribution >= 0.6 is 0 Å². The molecule has 2 unspecified atom stereocenters. The van der Waals surface area contributed by atoms with Gasteiger partial charge in [0.1, 0.15) is 0 Å². The van der Waals surface area contributed by atoms with Gasteiger partial charge in [0.05, 0.1) is 0 Å². The van der Waals surface area contributed by atoms with E-state index in [0.717, 1.165) is 32.4 Å². The predicted molar refractivity (Wildman–Crippen MR) is 101 cm³/mol. The van der Waals surface area contributed by atoms with Crippen molar-refractivity contribution in [2.75, 3.05) is 26.2 Å². The molecule has 1 aromatic carbocycles. The molecule has 2 bridgehead atoms. The highest BCUT2D eigenvalue weighted by Crippen LogP contribution is 2.40. The van der Waals surface area contributed by atoms with Crippen LogP contribution in [0.5, 0.6) is 0 Å². The molecule has 1 heterocycles. The third-order valence-electron chi connectivity index (χ3n) is 6.53. The van der Waals surface area contributed by atoms with Gasteiger partial charge in [0.25, 0.3) is 0 Å². The van der Waals surface area contributed by atoms with Crippen molar-refractivity contribution in [1.29, 1.82) is 0 Å². The summed E-state index contributed by atoms with van der Waals surface area (Å²) < 4.78 is 0. The summed E-state index contributed by atoms with van der Waals surface area (Å²) in [5.41, 5.74) is 2.93. The van der Waals surface area contributed by atoms with Gasteiger partial charge in [-0.15, -0.1) is 0 Å². The van der Waals surface area contributed by atoms with E-state index >= 15 is 0 Å². The maximum absolute atomic E-state index is 12.9. The lowest BCUT2D eigenvalue weighted by Gasteiger charge is -2.28. The molecule has 1 N–H and O–H groups in total. The van der Waals surface area contributed by atoms with Crippen molar-refractivity contribution in [1.82, 2.24) is 15.1 Å². The lowest BCUT2D eigenvalue weighted by molar-refractivity contribution is -0.128. The normalized spacial score (nSPS) is 28.1. The highest BCUT2D eigenvalue weighted by atomic mass is 16.2. The minimum absolute atomic E-state index is 0.0586. The van der Waals surface area contributed by atoms with Gasteiger partial charge in [-0.1, -0.05) is 24.3 Å². The Hall–Kier alpha value is -2.04. The summed E-state index contributed by atoms with van der Waals surface area (Å²) >= 11 is 0. The van der Waals surface area contributed by atoms with Gasteiger partial charge in [-0.3, -0.25) is 4.79 Å². The number of carbonyl (C=O) groups excluding carboxylic acids is 2. The van der Waals surface area contributed by atoms with E-state index < -0.39 is 0 Å². The Bertz CT molecular complexity index is 657. The molecule has 3 aliphatic rings. The predicted octanol–water partition coefficient (Wildman–Crippen LogP) is 2.44. The Balaban J connectivity index is 1.41. The number of nitrogens with zero attached hydrogens (tertiary/aromatic N) is 2. The van der Waals surface area contributed by atoms with E-state index in [9.17, 15) is 9.59 Å². The molecule has 1 saturated carbocycles. The zero-order chi connectivity index (χ0) is 18.1. The standard InChI is InChI=1S/C21H29N3O2/c1-15(25)23-9-4-10-24(12-11-23)21(26)22-20-18-7-8-19(20)14-17-6-3-2-5-16(17)13-18/h2-3,5-6,18-20H,4,7-14H2,1H3,(H,22,26). The van der Waals surface area contributed by atoms with Gasteiger partial charge in [0.15, 0.2) is 0 Å². The Kier molecular flexibility index (Phi) is 4.88. The molecule has 26 heavy (non-hydrogen) atoms. The molecule has 1 aliphatic heterocycles. The summed E-state index contributed by atoms with van der Waals surface area (Å²) in [6, 6.07) is 9.10. The Morgan fingerprint density at radius 1 is 0.923 bits per heavy atom. The smallest absolute Gasteiger partial charge is 0.317 e. The van der Waals surface area contributed by atoms with Gasteiger partial charge in [-0.2, -0.15) is 0 Å². The summed E-state index contributed by atoms with van der Waals surface area (Å²) in [5.74, 6) is 1.20. The third kappa shape index (κ3) is 3.44. The van der Waals surface area contributed by atoms with Crippen molar-refractivity contribution in [3.8, 4) is 0 Å². The van der Waals surface area contributed by atoms with Crippen molar-refractivity contribution in [2.24, 2.45) is 11.8 Å². The Morgan fingerprint density at radius 3 is 2.12 bits per heavy atom. The van der Waals surface area contributed by atoms with Gasteiger partial charge in [-0.05, 0) is 55.1 Å². The second kappa shape index (κ2) is 7.29. The van der Waals surface area contributed by atoms with Crippen LogP contribution in [0.2, 0.25) is 0 Å². The van der Waals surface area contributed by atoms with E-state index in [2.05, 4.69) is 29.6 Å². The van der Waals surface area contributed by atoms with E-state index in [4.69, 9.17) is 0 Å². The van der Waals surface area contributed by atoms with Gasteiger partial charge < -0.3 is 15.1 Å². The van der Waals surface area contributed by atoms with Crippen LogP contribution in [0.15, 0.2) is 24.3 Å². The zero-order valence-electron chi connectivity index (χ0n) is 15.6. The number of benzene rings is 1. The fourth-order valence-electron chi connectivity index (χ4n) is 5.06. The maximum atomic E-state index is 12.9. The van der Waals surface area contributed by atoms with Gasteiger partial charge in [-0.25, -0.2) is 4.79 Å². The number of rotatable bonds is 1. The molecule has 1 saturated heterocycles. The molecular formula is C21H29N3O2. The van der Waals surface area contributed by atoms with E-state index in [1.54, 1.807) is 6.92 Å². The third-order valence-corrected chi connectivity index (χ3v) is 6.53. The SMILES string of the molecule is CC(=O)N1CCCN(C(=O)NC2C3CCC2Cc2ccccc2C3)CC1. The second-order valence-electron chi connectivity index (χ2n) is 8.10. The molecule has 5 heteroatoms. The molecule has 0 radical (unpaired) electrons. The molecule has 0 spiro atoms. The molecule has 2 aliphatic carbocycles. The molecular weight excluding hydrogens is 326 g/mol. The van der Waals surface area contributed by atoms with Gasteiger partial charge >= 0.3 is 6.03 Å². The van der Waals surface area contributed by atoms with Crippen LogP contribution in [0.4, 0.5) is 4.79 Å². The van der Waals surface area contributed by atoms with Crippen LogP contribution in [0, 0.1) is 11.8 Å². The summed E-state index contributed by atoms with van der Waals surface area (Å²) in [7, 11) is 0. The highest BCUT2D eigenvalue weighted by Gasteiger charge is 2.40. The second-order valence-corrected chi connectivity index (χ2v) is 8.10. The van der Waals surface area contributed by atoms with E-state index in [-0.39, 0.29) is 18.0 Å². The summed E-state index contributed by atoms with van der Waals surface area (Å²) in [4.78, 5) is 28.3. The molecule has 1 aromatic rings. The number of urea groups is 1. The number of fused-ring (bicyclic) bond motifs is 3. The van der Waals surface area contributed by atoms with Crippen LogP contribution in [-0.2, 0) is 17.6 Å². The van der Waals surface area contributed by atoms with Crippen molar-refractivity contribution < 1.29 is 9.59 Å². The first-order valence-corrected chi connectivity index (χ1v) is 9.99. The van der Waals surface area contributed by atoms with Gasteiger partial charge in [0.2, 0.25) is 5.91 Å². The first-order chi connectivity index (χ1) is 12.6. The molecule has 4 rings (SSSR count). The lowest BCUT2D eigenvalue weighted by Crippen LogP contribution is -2.49. The first-order valence-electron chi connectivity index (χ1n) is 9.99. The van der Waals surface area contributed by atoms with Crippen molar-refractivity contribution in [3.63, 3.8) is 0 Å². The van der Waals surface area contributed by atoms with Crippen LogP contribution in [-0.4, -0.2) is 54.0 Å². The highest BCUT2D eigenvalue weighted by molar-refractivity contribution is 5.75. The molecule has 2 fully saturated rings. The average molecular weight is 355 g/mol. The number of nitrogens with one attached hydrogen (secondary N) is 1. The number of hydrogen-bond acceptors (Lipinski definition) is 2. The fourth-order valence-corrected chi connectivity index (χ4v) is 5.06. The molecule has 0 aromatic heterocycles. The topological polar surface area (TPSA) is 52.7 Å². The average Bonchev–Trinajstić information content (AvgIpc) is 2.79. The first kappa shape index (κ1) is 17.4. The quantitative estimate of drug-likeness (QED) is 0.841. The van der Waals surface area contributed by atoms with Gasteiger partial charge in [0, 0.05) is 39.1 Å². The van der Waals surface area contributed by atoms with E-state index in [1.165, 1.54) is 24.0 Å². The molecule has 3 amide bonds. The summed E-state index contributed by atoms with van der Waals surface area (Å²) in [6.45, 7) is 4.37. The van der Waals surface area contributed by atoms with E-state index in [1.807, 2.05) is 9.80 Å². The number of amides is 3. The van der Waals surface area contributed by atoms with E-state index in [0.29, 0.717) is 24.9 Å². The molecule has 2 atom stereocenters. The summed E-state index contributed by atoms with van der Waals surface area (Å²) in [5, 5.41) is 3.38. The monoisotopic (exact) mass is 355 g/mol. The largest absolute Gasteiger partial charge is 0.341 e. The van der Waals surface area contributed by atoms with Crippen LogP contribution < -0.4 is 5.32 Å². The zero-order valence-corrected chi connectivity index (χ0v) is 15.6.